The maximum atomic E-state index is 11.1. The Morgan fingerprint density at radius 2 is 2.54 bits per heavy atom. The first-order chi connectivity index (χ1) is 6.00. The summed E-state index contributed by atoms with van der Waals surface area (Å²) in [6.07, 6.45) is 0.0975. The monoisotopic (exact) mass is 188 g/mol. The van der Waals surface area contributed by atoms with Crippen LogP contribution in [0.15, 0.2) is 0 Å². The molecule has 1 fully saturated rings. The Morgan fingerprint density at radius 1 is 1.92 bits per heavy atom. The summed E-state index contributed by atoms with van der Waals surface area (Å²) >= 11 is 0. The van der Waals surface area contributed by atoms with Crippen LogP contribution in [-0.4, -0.2) is 40.7 Å². The van der Waals surface area contributed by atoms with Gasteiger partial charge in [-0.2, -0.15) is 0 Å². The summed E-state index contributed by atoms with van der Waals surface area (Å²) in [5.74, 6) is -1.36. The molecule has 1 unspecified atom stereocenters. The maximum absolute atomic E-state index is 11.1. The summed E-state index contributed by atoms with van der Waals surface area (Å²) in [7, 11) is 0. The van der Waals surface area contributed by atoms with Crippen LogP contribution in [0.4, 0.5) is 0 Å². The fraction of sp³-hybridized carbons (Fsp3) is 0.714. The molecule has 0 spiro atoms. The molecule has 0 aromatic rings. The summed E-state index contributed by atoms with van der Waals surface area (Å²) in [6, 6.07) is -1.09. The van der Waals surface area contributed by atoms with Crippen molar-refractivity contribution in [3.05, 3.63) is 0 Å². The predicted molar refractivity (Wildman–Crippen MR) is 42.5 cm³/mol. The number of hydrogen-bond acceptors (Lipinski definition) is 4. The highest BCUT2D eigenvalue weighted by Crippen LogP contribution is 2.13. The Balaban J connectivity index is 2.46. The number of carbonyl (C=O) groups is 2. The Hall–Kier alpha value is -1.14. The molecule has 1 aliphatic heterocycles. The number of rotatable bonds is 3. The first-order valence-electron chi connectivity index (χ1n) is 3.96. The van der Waals surface area contributed by atoms with Gasteiger partial charge in [0.05, 0.1) is 19.1 Å². The Morgan fingerprint density at radius 3 is 2.92 bits per heavy atom. The van der Waals surface area contributed by atoms with E-state index in [1.54, 1.807) is 6.92 Å². The highest BCUT2D eigenvalue weighted by Gasteiger charge is 2.30. The number of amides is 1. The van der Waals surface area contributed by atoms with Crippen molar-refractivity contribution in [3.8, 4) is 0 Å². The number of nitrogens with zero attached hydrogens (tertiary/aromatic N) is 1. The maximum Gasteiger partial charge on any atom is 0.322 e. The lowest BCUT2D eigenvalue weighted by atomic mass is 10.3. The summed E-state index contributed by atoms with van der Waals surface area (Å²) < 4.78 is 0. The first kappa shape index (κ1) is 9.94. The molecule has 1 saturated heterocycles. The Bertz CT molecular complexity index is 231. The molecular weight excluding hydrogens is 176 g/mol. The van der Waals surface area contributed by atoms with Gasteiger partial charge in [0.15, 0.2) is 0 Å². The minimum atomic E-state index is -1.14. The third kappa shape index (κ3) is 2.40. The van der Waals surface area contributed by atoms with Crippen LogP contribution in [0, 0.1) is 0 Å². The van der Waals surface area contributed by atoms with E-state index < -0.39 is 12.0 Å². The standard InChI is InChI=1S/C7H12N2O4/c1-4-2-6(10)9(13-4)3-5(8)7(11)12/h4-5H,2-3,8H2,1H3,(H,11,12)/t4?,5-/m0/s1. The van der Waals surface area contributed by atoms with Crippen LogP contribution in [0.25, 0.3) is 0 Å². The predicted octanol–water partition coefficient (Wildman–Crippen LogP) is -1.05. The lowest BCUT2D eigenvalue weighted by Crippen LogP contribution is -2.42. The molecule has 0 aromatic heterocycles. The van der Waals surface area contributed by atoms with E-state index >= 15 is 0 Å². The molecule has 3 N–H and O–H groups in total. The van der Waals surface area contributed by atoms with Gasteiger partial charge in [0.25, 0.3) is 0 Å². The second-order valence-electron chi connectivity index (χ2n) is 3.02. The average Bonchev–Trinajstić information content (AvgIpc) is 2.30. The van der Waals surface area contributed by atoms with E-state index in [1.807, 2.05) is 0 Å². The molecule has 1 amide bonds. The van der Waals surface area contributed by atoms with E-state index in [4.69, 9.17) is 15.7 Å². The molecule has 1 heterocycles. The summed E-state index contributed by atoms with van der Waals surface area (Å²) in [6.45, 7) is 1.64. The van der Waals surface area contributed by atoms with Gasteiger partial charge in [-0.25, -0.2) is 5.06 Å². The molecule has 6 nitrogen and oxygen atoms in total. The first-order valence-corrected chi connectivity index (χ1v) is 3.96. The van der Waals surface area contributed by atoms with Gasteiger partial charge in [0.1, 0.15) is 6.04 Å². The van der Waals surface area contributed by atoms with Crippen molar-refractivity contribution in [2.24, 2.45) is 5.73 Å². The van der Waals surface area contributed by atoms with Crippen LogP contribution in [-0.2, 0) is 14.4 Å². The van der Waals surface area contributed by atoms with Gasteiger partial charge in [-0.3, -0.25) is 14.4 Å². The third-order valence-corrected chi connectivity index (χ3v) is 1.73. The molecule has 74 valence electrons. The topological polar surface area (TPSA) is 92.9 Å². The van der Waals surface area contributed by atoms with E-state index in [0.717, 1.165) is 5.06 Å². The summed E-state index contributed by atoms with van der Waals surface area (Å²) in [5.41, 5.74) is 5.23. The Labute approximate surface area is 75.2 Å². The number of aliphatic carboxylic acids is 1. The molecule has 13 heavy (non-hydrogen) atoms. The SMILES string of the molecule is CC1CC(=O)N(C[C@H](N)C(=O)O)O1. The van der Waals surface area contributed by atoms with Crippen LogP contribution < -0.4 is 5.73 Å². The van der Waals surface area contributed by atoms with Crippen LogP contribution in [0.3, 0.4) is 0 Å². The quantitative estimate of drug-likeness (QED) is 0.589. The zero-order valence-electron chi connectivity index (χ0n) is 7.27. The number of hydroxylamine groups is 2. The molecule has 0 saturated carbocycles. The molecule has 1 aliphatic rings. The minimum Gasteiger partial charge on any atom is -0.480 e. The van der Waals surface area contributed by atoms with Crippen LogP contribution >= 0.6 is 0 Å². The van der Waals surface area contributed by atoms with Crippen molar-refractivity contribution in [2.45, 2.75) is 25.5 Å². The lowest BCUT2D eigenvalue weighted by molar-refractivity contribution is -0.174. The third-order valence-electron chi connectivity index (χ3n) is 1.73. The summed E-state index contributed by atoms with van der Waals surface area (Å²) in [4.78, 5) is 26.5. The van der Waals surface area contributed by atoms with Gasteiger partial charge < -0.3 is 10.8 Å². The van der Waals surface area contributed by atoms with Gasteiger partial charge in [-0.1, -0.05) is 0 Å². The molecule has 0 aromatic carbocycles. The largest absolute Gasteiger partial charge is 0.480 e. The zero-order chi connectivity index (χ0) is 10.0. The van der Waals surface area contributed by atoms with E-state index in [1.165, 1.54) is 0 Å². The van der Waals surface area contributed by atoms with E-state index in [9.17, 15) is 9.59 Å². The smallest absolute Gasteiger partial charge is 0.322 e. The van der Waals surface area contributed by atoms with E-state index in [-0.39, 0.29) is 25.0 Å². The van der Waals surface area contributed by atoms with Gasteiger partial charge in [-0.05, 0) is 6.92 Å². The highest BCUT2D eigenvalue weighted by molar-refractivity contribution is 5.79. The van der Waals surface area contributed by atoms with Crippen molar-refractivity contribution in [2.75, 3.05) is 6.54 Å². The highest BCUT2D eigenvalue weighted by atomic mass is 16.7. The number of nitrogens with two attached hydrogens (primary N) is 1. The number of carboxylic acids is 1. The van der Waals surface area contributed by atoms with Crippen molar-refractivity contribution in [1.29, 1.82) is 0 Å². The van der Waals surface area contributed by atoms with Gasteiger partial charge >= 0.3 is 5.97 Å². The fourth-order valence-corrected chi connectivity index (χ4v) is 1.06. The fourth-order valence-electron chi connectivity index (χ4n) is 1.06. The minimum absolute atomic E-state index is 0.0987. The van der Waals surface area contributed by atoms with Crippen LogP contribution in [0.5, 0.6) is 0 Å². The Kier molecular flexibility index (Phi) is 2.84. The van der Waals surface area contributed by atoms with Crippen LogP contribution in [0.2, 0.25) is 0 Å². The summed E-state index contributed by atoms with van der Waals surface area (Å²) in [5, 5.41) is 9.49. The van der Waals surface area contributed by atoms with Gasteiger partial charge in [0.2, 0.25) is 5.91 Å². The second-order valence-corrected chi connectivity index (χ2v) is 3.02. The molecule has 6 heteroatoms. The molecular formula is C7H12N2O4. The lowest BCUT2D eigenvalue weighted by Gasteiger charge is -2.17. The van der Waals surface area contributed by atoms with E-state index in [0.29, 0.717) is 0 Å². The zero-order valence-corrected chi connectivity index (χ0v) is 7.27. The number of carbonyl (C=O) groups excluding carboxylic acids is 1. The normalized spacial score (nSPS) is 24.9. The molecule has 0 bridgehead atoms. The van der Waals surface area contributed by atoms with Crippen molar-refractivity contribution in [3.63, 3.8) is 0 Å². The van der Waals surface area contributed by atoms with Crippen molar-refractivity contribution < 1.29 is 19.5 Å². The van der Waals surface area contributed by atoms with Gasteiger partial charge in [-0.15, -0.1) is 0 Å². The number of hydrogen-bond donors (Lipinski definition) is 2. The van der Waals surface area contributed by atoms with Crippen molar-refractivity contribution >= 4 is 11.9 Å². The molecule has 1 rings (SSSR count). The van der Waals surface area contributed by atoms with Crippen LogP contribution in [0.1, 0.15) is 13.3 Å². The number of carboxylic acid groups (broad SMARTS) is 1. The van der Waals surface area contributed by atoms with Crippen molar-refractivity contribution in [1.82, 2.24) is 5.06 Å². The second kappa shape index (κ2) is 3.71. The molecule has 0 aliphatic carbocycles. The average molecular weight is 188 g/mol. The van der Waals surface area contributed by atoms with E-state index in [2.05, 4.69) is 0 Å². The molecule has 2 atom stereocenters. The molecule has 0 radical (unpaired) electrons. The van der Waals surface area contributed by atoms with Gasteiger partial charge in [0, 0.05) is 0 Å².